The average molecular weight is 574 g/mol. The fourth-order valence-corrected chi connectivity index (χ4v) is 6.98. The standard InChI is InChI=1S/C31H32ClN5O2S/c1-18(2)36-11-13-37(14-12-36)30-24-16-21(7-10-26(24)35(4)34-30)31-33-25-15-19(3)23(17-27(38)39)28(29(25)40-31)20-5-8-22(32)9-6-20/h5-10,15-16,18H,11-14,17H2,1-4H3,(H,38,39). The van der Waals surface area contributed by atoms with Gasteiger partial charge in [0.25, 0.3) is 0 Å². The number of thiazole rings is 1. The van der Waals surface area contributed by atoms with Crippen molar-refractivity contribution in [1.82, 2.24) is 19.7 Å². The highest BCUT2D eigenvalue weighted by Gasteiger charge is 2.24. The van der Waals surface area contributed by atoms with Crippen LogP contribution in [0.1, 0.15) is 25.0 Å². The van der Waals surface area contributed by atoms with E-state index in [-0.39, 0.29) is 6.42 Å². The van der Waals surface area contributed by atoms with Crippen LogP contribution in [0.2, 0.25) is 5.02 Å². The number of benzene rings is 3. The van der Waals surface area contributed by atoms with E-state index in [0.717, 1.165) is 85.9 Å². The van der Waals surface area contributed by atoms with Crippen LogP contribution in [0.3, 0.4) is 0 Å². The first-order valence-corrected chi connectivity index (χ1v) is 14.8. The Kier molecular flexibility index (Phi) is 7.02. The van der Waals surface area contributed by atoms with Gasteiger partial charge >= 0.3 is 5.97 Å². The van der Waals surface area contributed by atoms with Crippen LogP contribution in [0.15, 0.2) is 48.5 Å². The van der Waals surface area contributed by atoms with Crippen LogP contribution in [-0.4, -0.2) is 63.0 Å². The van der Waals surface area contributed by atoms with Gasteiger partial charge in [0.05, 0.1) is 22.2 Å². The van der Waals surface area contributed by atoms with E-state index in [1.54, 1.807) is 11.3 Å². The Bertz CT molecular complexity index is 1730. The molecular formula is C31H32ClN5O2S. The number of carboxylic acids is 1. The van der Waals surface area contributed by atoms with E-state index in [9.17, 15) is 9.90 Å². The summed E-state index contributed by atoms with van der Waals surface area (Å²) in [6.45, 7) is 10.4. The van der Waals surface area contributed by atoms with Gasteiger partial charge < -0.3 is 10.0 Å². The van der Waals surface area contributed by atoms with E-state index in [1.807, 2.05) is 49.0 Å². The summed E-state index contributed by atoms with van der Waals surface area (Å²) in [7, 11) is 2.00. The predicted molar refractivity (Wildman–Crippen MR) is 165 cm³/mol. The molecular weight excluding hydrogens is 542 g/mol. The lowest BCUT2D eigenvalue weighted by atomic mass is 9.93. The summed E-state index contributed by atoms with van der Waals surface area (Å²) in [5.41, 5.74) is 6.58. The van der Waals surface area contributed by atoms with Crippen LogP contribution < -0.4 is 4.90 Å². The molecule has 1 fully saturated rings. The molecule has 206 valence electrons. The maximum absolute atomic E-state index is 11.8. The van der Waals surface area contributed by atoms with Crippen LogP contribution in [0.4, 0.5) is 5.82 Å². The number of halogens is 1. The monoisotopic (exact) mass is 573 g/mol. The number of hydrogen-bond donors (Lipinski definition) is 1. The summed E-state index contributed by atoms with van der Waals surface area (Å²) in [5, 5.41) is 17.3. The van der Waals surface area contributed by atoms with Gasteiger partial charge in [-0.15, -0.1) is 11.3 Å². The van der Waals surface area contributed by atoms with Gasteiger partial charge in [0.15, 0.2) is 5.82 Å². The number of rotatable bonds is 6. The van der Waals surface area contributed by atoms with Crippen molar-refractivity contribution in [3.8, 4) is 21.7 Å². The van der Waals surface area contributed by atoms with Gasteiger partial charge in [-0.25, -0.2) is 4.98 Å². The van der Waals surface area contributed by atoms with Crippen molar-refractivity contribution in [3.63, 3.8) is 0 Å². The SMILES string of the molecule is Cc1cc2nc(-c3ccc4c(c3)c(N3CCN(C(C)C)CC3)nn4C)sc2c(-c2ccc(Cl)cc2)c1CC(=O)O. The zero-order valence-electron chi connectivity index (χ0n) is 23.1. The number of carbonyl (C=O) groups is 1. The van der Waals surface area contributed by atoms with Gasteiger partial charge in [-0.3, -0.25) is 14.4 Å². The van der Waals surface area contributed by atoms with Crippen molar-refractivity contribution in [2.24, 2.45) is 7.05 Å². The van der Waals surface area contributed by atoms with Crippen LogP contribution in [0.25, 0.3) is 42.8 Å². The van der Waals surface area contributed by atoms with Gasteiger partial charge in [-0.1, -0.05) is 23.7 Å². The summed E-state index contributed by atoms with van der Waals surface area (Å²) in [4.78, 5) is 21.8. The van der Waals surface area contributed by atoms with Crippen molar-refractivity contribution in [2.45, 2.75) is 33.2 Å². The van der Waals surface area contributed by atoms with E-state index in [0.29, 0.717) is 11.1 Å². The molecule has 0 amide bonds. The number of hydrogen-bond acceptors (Lipinski definition) is 6. The molecule has 7 nitrogen and oxygen atoms in total. The van der Waals surface area contributed by atoms with Crippen LogP contribution in [0, 0.1) is 6.92 Å². The molecule has 3 heterocycles. The van der Waals surface area contributed by atoms with E-state index < -0.39 is 5.97 Å². The van der Waals surface area contributed by atoms with Crippen LogP contribution in [0.5, 0.6) is 0 Å². The first kappa shape index (κ1) is 26.7. The molecule has 0 radical (unpaired) electrons. The van der Waals surface area contributed by atoms with Gasteiger partial charge in [0, 0.05) is 60.8 Å². The number of aliphatic carboxylic acids is 1. The second-order valence-corrected chi connectivity index (χ2v) is 12.2. The first-order chi connectivity index (χ1) is 19.2. The van der Waals surface area contributed by atoms with Crippen molar-refractivity contribution in [2.75, 3.05) is 31.1 Å². The molecule has 2 aromatic heterocycles. The lowest BCUT2D eigenvalue weighted by molar-refractivity contribution is -0.136. The number of carboxylic acid groups (broad SMARTS) is 1. The third kappa shape index (κ3) is 4.85. The Morgan fingerprint density at radius 1 is 1.05 bits per heavy atom. The Hall–Kier alpha value is -3.46. The molecule has 0 saturated carbocycles. The first-order valence-electron chi connectivity index (χ1n) is 13.6. The molecule has 1 saturated heterocycles. The van der Waals surface area contributed by atoms with E-state index >= 15 is 0 Å². The molecule has 3 aromatic carbocycles. The lowest BCUT2D eigenvalue weighted by Gasteiger charge is -2.37. The normalized spacial score (nSPS) is 14.6. The van der Waals surface area contributed by atoms with Crippen molar-refractivity contribution in [1.29, 1.82) is 0 Å². The fourth-order valence-electron chi connectivity index (χ4n) is 5.72. The number of piperazine rings is 1. The Balaban J connectivity index is 1.46. The third-order valence-corrected chi connectivity index (χ3v) is 9.28. The second kappa shape index (κ2) is 10.5. The topological polar surface area (TPSA) is 74.5 Å². The van der Waals surface area contributed by atoms with Crippen molar-refractivity contribution in [3.05, 3.63) is 64.7 Å². The van der Waals surface area contributed by atoms with Gasteiger partial charge in [0.2, 0.25) is 0 Å². The van der Waals surface area contributed by atoms with E-state index in [1.165, 1.54) is 0 Å². The molecule has 40 heavy (non-hydrogen) atoms. The summed E-state index contributed by atoms with van der Waals surface area (Å²) >= 11 is 7.78. The Labute approximate surface area is 242 Å². The number of aryl methyl sites for hydroxylation is 2. The molecule has 9 heteroatoms. The highest BCUT2D eigenvalue weighted by molar-refractivity contribution is 7.22. The molecule has 0 atom stereocenters. The zero-order chi connectivity index (χ0) is 28.1. The minimum absolute atomic E-state index is 0.0535. The molecule has 0 bridgehead atoms. The Morgan fingerprint density at radius 3 is 2.42 bits per heavy atom. The van der Waals surface area contributed by atoms with Crippen LogP contribution in [-0.2, 0) is 18.3 Å². The number of aromatic nitrogens is 3. The second-order valence-electron chi connectivity index (χ2n) is 10.8. The number of fused-ring (bicyclic) bond motifs is 2. The smallest absolute Gasteiger partial charge is 0.307 e. The molecule has 0 aliphatic carbocycles. The van der Waals surface area contributed by atoms with Crippen LogP contribution >= 0.6 is 22.9 Å². The summed E-state index contributed by atoms with van der Waals surface area (Å²) in [6, 6.07) is 16.6. The minimum atomic E-state index is -0.855. The van der Waals surface area contributed by atoms with Crippen molar-refractivity contribution >= 4 is 55.8 Å². The molecule has 0 spiro atoms. The van der Waals surface area contributed by atoms with Gasteiger partial charge in [-0.2, -0.15) is 5.10 Å². The molecule has 1 aliphatic heterocycles. The maximum Gasteiger partial charge on any atom is 0.307 e. The van der Waals surface area contributed by atoms with E-state index in [2.05, 4.69) is 41.8 Å². The summed E-state index contributed by atoms with van der Waals surface area (Å²) < 4.78 is 2.94. The van der Waals surface area contributed by atoms with Crippen molar-refractivity contribution < 1.29 is 9.90 Å². The van der Waals surface area contributed by atoms with Gasteiger partial charge in [0.1, 0.15) is 5.01 Å². The molecule has 1 N–H and O–H groups in total. The lowest BCUT2D eigenvalue weighted by Crippen LogP contribution is -2.49. The zero-order valence-corrected chi connectivity index (χ0v) is 24.7. The quantitative estimate of drug-likeness (QED) is 0.245. The predicted octanol–water partition coefficient (Wildman–Crippen LogP) is 6.64. The number of nitrogens with zero attached hydrogens (tertiary/aromatic N) is 5. The summed E-state index contributed by atoms with van der Waals surface area (Å²) in [6.07, 6.45) is -0.0535. The highest BCUT2D eigenvalue weighted by atomic mass is 35.5. The van der Waals surface area contributed by atoms with E-state index in [4.69, 9.17) is 21.7 Å². The molecule has 0 unspecified atom stereocenters. The molecule has 6 rings (SSSR count). The maximum atomic E-state index is 11.8. The van der Waals surface area contributed by atoms with Gasteiger partial charge in [-0.05, 0) is 73.9 Å². The molecule has 1 aliphatic rings. The third-order valence-electron chi connectivity index (χ3n) is 7.89. The highest BCUT2D eigenvalue weighted by Crippen LogP contribution is 2.42. The number of anilines is 1. The Morgan fingerprint density at radius 2 is 1.75 bits per heavy atom. The fraction of sp³-hybridized carbons (Fsp3) is 0.323. The average Bonchev–Trinajstić information content (AvgIpc) is 3.50. The largest absolute Gasteiger partial charge is 0.481 e. The molecule has 5 aromatic rings. The minimum Gasteiger partial charge on any atom is -0.481 e. The summed E-state index contributed by atoms with van der Waals surface area (Å²) in [5.74, 6) is 0.163.